The van der Waals surface area contributed by atoms with Crippen molar-refractivity contribution in [3.8, 4) is 12.3 Å². The Hall–Kier alpha value is -1.73. The maximum atomic E-state index is 12.0. The van der Waals surface area contributed by atoms with Crippen LogP contribution >= 0.6 is 23.5 Å². The number of phosphoric acid groups is 3. The molecule has 3 unspecified atom stereocenters. The summed E-state index contributed by atoms with van der Waals surface area (Å²) in [4.78, 5) is 39.8. The molecular formula is C13H15N4O13P3. The van der Waals surface area contributed by atoms with Gasteiger partial charge in [-0.25, -0.2) is 23.2 Å². The lowest BCUT2D eigenvalue weighted by atomic mass is 9.90. The van der Waals surface area contributed by atoms with Gasteiger partial charge >= 0.3 is 23.5 Å². The number of nitrogens with two attached hydrogens (primary N) is 1. The van der Waals surface area contributed by atoms with Gasteiger partial charge < -0.3 is 40.3 Å². The lowest BCUT2D eigenvalue weighted by Gasteiger charge is -2.31. The summed E-state index contributed by atoms with van der Waals surface area (Å²) in [5.41, 5.74) is 1.70. The average molecular weight is 528 g/mol. The number of rotatable bonds is 7. The van der Waals surface area contributed by atoms with E-state index in [9.17, 15) is 33.7 Å². The van der Waals surface area contributed by atoms with E-state index in [1.54, 1.807) is 0 Å². The van der Waals surface area contributed by atoms with Crippen LogP contribution < -0.4 is 5.73 Å². The second-order valence-corrected chi connectivity index (χ2v) is 11.4. The first kappa shape index (κ1) is 24.4. The SMILES string of the molecule is C#C[C@@]1(c2ccc3c(N)ncnn23)O[C@@H]2C(OP(=O)(O)OP(=O)(O)OP(=O)(O)O)[C@]2(O)[C@H]1O. The molecule has 33 heavy (non-hydrogen) atoms. The molecule has 180 valence electrons. The number of aliphatic hydroxyl groups is 2. The van der Waals surface area contributed by atoms with Crippen LogP contribution in [0.4, 0.5) is 5.82 Å². The summed E-state index contributed by atoms with van der Waals surface area (Å²) in [6.07, 6.45) is 1.36. The van der Waals surface area contributed by atoms with Gasteiger partial charge in [-0.3, -0.25) is 4.52 Å². The van der Waals surface area contributed by atoms with E-state index in [0.29, 0.717) is 5.52 Å². The summed E-state index contributed by atoms with van der Waals surface area (Å²) in [5, 5.41) is 25.6. The Balaban J connectivity index is 1.57. The smallest absolute Gasteiger partial charge is 0.385 e. The van der Waals surface area contributed by atoms with E-state index in [1.807, 2.05) is 0 Å². The van der Waals surface area contributed by atoms with E-state index in [-0.39, 0.29) is 11.5 Å². The summed E-state index contributed by atoms with van der Waals surface area (Å²) >= 11 is 0. The predicted octanol–water partition coefficient (Wildman–Crippen LogP) is -1.64. The highest BCUT2D eigenvalue weighted by Gasteiger charge is 2.83. The minimum atomic E-state index is -5.78. The third kappa shape index (κ3) is 3.95. The van der Waals surface area contributed by atoms with Crippen molar-refractivity contribution in [1.29, 1.82) is 0 Å². The Labute approximate surface area is 183 Å². The fourth-order valence-corrected chi connectivity index (χ4v) is 6.82. The number of ether oxygens (including phenoxy) is 1. The van der Waals surface area contributed by atoms with Crippen molar-refractivity contribution in [2.24, 2.45) is 0 Å². The molecule has 1 saturated heterocycles. The molecule has 0 bridgehead atoms. The molecule has 7 atom stereocenters. The number of fused-ring (bicyclic) bond motifs is 2. The Kier molecular flexibility index (Phi) is 5.46. The third-order valence-electron chi connectivity index (χ3n) is 4.95. The number of anilines is 1. The van der Waals surface area contributed by atoms with Gasteiger partial charge in [0.1, 0.15) is 30.2 Å². The van der Waals surface area contributed by atoms with E-state index in [1.165, 1.54) is 16.6 Å². The second-order valence-electron chi connectivity index (χ2n) is 6.99. The molecule has 2 aromatic rings. The van der Waals surface area contributed by atoms with Gasteiger partial charge in [-0.1, -0.05) is 5.92 Å². The number of aliphatic hydroxyl groups excluding tert-OH is 1. The van der Waals surface area contributed by atoms with Crippen LogP contribution in [0.1, 0.15) is 5.69 Å². The summed E-state index contributed by atoms with van der Waals surface area (Å²) in [5.74, 6) is 2.29. The minimum Gasteiger partial charge on any atom is -0.385 e. The summed E-state index contributed by atoms with van der Waals surface area (Å²) in [7, 11) is -17.0. The Bertz CT molecular complexity index is 1320. The van der Waals surface area contributed by atoms with E-state index in [0.717, 1.165) is 6.33 Å². The van der Waals surface area contributed by atoms with Gasteiger partial charge in [0.2, 0.25) is 0 Å². The number of aromatic nitrogens is 3. The van der Waals surface area contributed by atoms with Crippen LogP contribution in [0.5, 0.6) is 0 Å². The van der Waals surface area contributed by atoms with Gasteiger partial charge in [0, 0.05) is 0 Å². The lowest BCUT2D eigenvalue weighted by molar-refractivity contribution is -0.103. The zero-order valence-corrected chi connectivity index (χ0v) is 18.5. The lowest BCUT2D eigenvalue weighted by Crippen LogP contribution is -2.47. The molecule has 0 amide bonds. The summed E-state index contributed by atoms with van der Waals surface area (Å²) < 4.78 is 52.8. The van der Waals surface area contributed by atoms with Crippen molar-refractivity contribution < 1.29 is 61.4 Å². The first-order valence-corrected chi connectivity index (χ1v) is 13.1. The largest absolute Gasteiger partial charge is 0.490 e. The summed E-state index contributed by atoms with van der Waals surface area (Å²) in [6.45, 7) is 0. The molecule has 2 aliphatic rings. The van der Waals surface area contributed by atoms with E-state index in [2.05, 4.69) is 29.1 Å². The highest BCUT2D eigenvalue weighted by molar-refractivity contribution is 7.66. The standard InChI is InChI=1S/C13H15N4O13P3/c1-2-12(7-4-3-6-10(14)15-5-16-17(6)7)11(18)13(19)8(27-12)9(13)28-32(23,24)30-33(25,26)29-31(20,21)22/h1,3-5,8-9,11,18-19H,(H,23,24)(H,25,26)(H2,14,15,16)(H2,20,21,22)/t8-,9?,11+,12+,13+/m1/s1. The van der Waals surface area contributed by atoms with Crippen LogP contribution in [0.15, 0.2) is 18.5 Å². The minimum absolute atomic E-state index is 0.0549. The number of hydrogen-bond donors (Lipinski definition) is 7. The maximum absolute atomic E-state index is 12.0. The quantitative estimate of drug-likeness (QED) is 0.157. The molecule has 4 rings (SSSR count). The van der Waals surface area contributed by atoms with Crippen molar-refractivity contribution in [2.75, 3.05) is 5.73 Å². The number of terminal acetylenes is 1. The van der Waals surface area contributed by atoms with Crippen molar-refractivity contribution in [1.82, 2.24) is 14.6 Å². The Morgan fingerprint density at radius 1 is 1.18 bits per heavy atom. The molecule has 3 heterocycles. The molecule has 8 N–H and O–H groups in total. The molecule has 20 heteroatoms. The summed E-state index contributed by atoms with van der Waals surface area (Å²) in [6, 6.07) is 2.87. The Morgan fingerprint density at radius 3 is 2.39 bits per heavy atom. The highest BCUT2D eigenvalue weighted by atomic mass is 31.3. The molecule has 0 spiro atoms. The maximum Gasteiger partial charge on any atom is 0.490 e. The van der Waals surface area contributed by atoms with Gasteiger partial charge in [-0.2, -0.15) is 13.7 Å². The molecule has 2 aromatic heterocycles. The molecule has 0 aromatic carbocycles. The van der Waals surface area contributed by atoms with Crippen molar-refractivity contribution in [2.45, 2.75) is 29.5 Å². The van der Waals surface area contributed by atoms with Gasteiger partial charge in [0.25, 0.3) is 0 Å². The van der Waals surface area contributed by atoms with Crippen molar-refractivity contribution in [3.05, 3.63) is 24.2 Å². The van der Waals surface area contributed by atoms with Crippen LogP contribution in [0, 0.1) is 12.3 Å². The fourth-order valence-electron chi connectivity index (χ4n) is 3.59. The number of nitrogens with zero attached hydrogens (tertiary/aromatic N) is 3. The van der Waals surface area contributed by atoms with Crippen molar-refractivity contribution in [3.63, 3.8) is 0 Å². The zero-order valence-electron chi connectivity index (χ0n) is 15.8. The van der Waals surface area contributed by atoms with Gasteiger partial charge in [-0.05, 0) is 12.1 Å². The highest BCUT2D eigenvalue weighted by Crippen LogP contribution is 2.69. The van der Waals surface area contributed by atoms with Gasteiger partial charge in [0.05, 0.1) is 5.69 Å². The normalized spacial score (nSPS) is 34.9. The van der Waals surface area contributed by atoms with Crippen LogP contribution in [-0.2, 0) is 37.2 Å². The number of phosphoric ester groups is 1. The van der Waals surface area contributed by atoms with Crippen LogP contribution in [0.3, 0.4) is 0 Å². The first-order chi connectivity index (χ1) is 15.1. The fraction of sp³-hybridized carbons (Fsp3) is 0.385. The topological polar surface area (TPSA) is 266 Å². The monoisotopic (exact) mass is 528 g/mol. The second kappa shape index (κ2) is 7.38. The van der Waals surface area contributed by atoms with E-state index < -0.39 is 53.0 Å². The molecule has 17 nitrogen and oxygen atoms in total. The zero-order chi connectivity index (χ0) is 24.6. The van der Waals surface area contributed by atoms with E-state index in [4.69, 9.17) is 26.7 Å². The third-order valence-corrected chi connectivity index (χ3v) is 8.77. The van der Waals surface area contributed by atoms with Crippen LogP contribution in [0.25, 0.3) is 5.52 Å². The van der Waals surface area contributed by atoms with Gasteiger partial charge in [-0.15, -0.1) is 6.42 Å². The first-order valence-electron chi connectivity index (χ1n) is 8.53. The molecule has 1 aliphatic carbocycles. The predicted molar refractivity (Wildman–Crippen MR) is 102 cm³/mol. The Morgan fingerprint density at radius 2 is 1.85 bits per heavy atom. The number of hydrogen-bond acceptors (Lipinski definition) is 12. The van der Waals surface area contributed by atoms with Crippen molar-refractivity contribution >= 4 is 34.8 Å². The molecule has 1 aliphatic heterocycles. The molecule has 1 saturated carbocycles. The molecule has 0 radical (unpaired) electrons. The molecular weight excluding hydrogens is 513 g/mol. The van der Waals surface area contributed by atoms with Crippen LogP contribution in [0.2, 0.25) is 0 Å². The van der Waals surface area contributed by atoms with Crippen LogP contribution in [-0.4, -0.2) is 68.3 Å². The van der Waals surface area contributed by atoms with Gasteiger partial charge in [0.15, 0.2) is 17.0 Å². The number of nitrogen functional groups attached to an aromatic ring is 1. The molecule has 2 fully saturated rings. The average Bonchev–Trinajstić information content (AvgIpc) is 2.96. The van der Waals surface area contributed by atoms with E-state index >= 15 is 0 Å².